The van der Waals surface area contributed by atoms with E-state index in [1.54, 1.807) is 12.1 Å². The van der Waals surface area contributed by atoms with Crippen LogP contribution in [0.4, 0.5) is 0 Å². The molecule has 35 heavy (non-hydrogen) atoms. The summed E-state index contributed by atoms with van der Waals surface area (Å²) in [6.45, 7) is 8.64. The molecule has 0 spiro atoms. The van der Waals surface area contributed by atoms with Crippen LogP contribution in [-0.2, 0) is 37.9 Å². The predicted octanol–water partition coefficient (Wildman–Crippen LogP) is 1.84. The van der Waals surface area contributed by atoms with E-state index in [1.165, 1.54) is 12.4 Å². The molecule has 11 heteroatoms. The van der Waals surface area contributed by atoms with Gasteiger partial charge in [0.2, 0.25) is 5.91 Å². The van der Waals surface area contributed by atoms with Crippen molar-refractivity contribution in [3.63, 3.8) is 0 Å². The van der Waals surface area contributed by atoms with Crippen molar-refractivity contribution < 1.29 is 23.1 Å². The van der Waals surface area contributed by atoms with E-state index >= 15 is 0 Å². The van der Waals surface area contributed by atoms with Crippen LogP contribution in [0.3, 0.4) is 0 Å². The van der Waals surface area contributed by atoms with Crippen molar-refractivity contribution in [3.05, 3.63) is 42.0 Å². The lowest BCUT2D eigenvalue weighted by atomic mass is 9.94. The number of fused-ring (bicyclic) bond motifs is 1. The normalized spacial score (nSPS) is 15.5. The molecule has 3 aromatic rings. The summed E-state index contributed by atoms with van der Waals surface area (Å²) in [6.07, 6.45) is 4.65. The van der Waals surface area contributed by atoms with Crippen molar-refractivity contribution in [2.75, 3.05) is 26.4 Å². The molecule has 1 fully saturated rings. The predicted molar refractivity (Wildman–Crippen MR) is 131 cm³/mol. The van der Waals surface area contributed by atoms with Crippen molar-refractivity contribution in [3.8, 4) is 0 Å². The Morgan fingerprint density at radius 2 is 2.00 bits per heavy atom. The first kappa shape index (κ1) is 25.3. The average molecular weight is 504 g/mol. The first-order valence-electron chi connectivity index (χ1n) is 11.8. The fourth-order valence-corrected chi connectivity index (χ4v) is 5.49. The molecule has 4 rings (SSSR count). The van der Waals surface area contributed by atoms with Crippen molar-refractivity contribution in [1.82, 2.24) is 24.1 Å². The Morgan fingerprint density at radius 1 is 1.26 bits per heavy atom. The van der Waals surface area contributed by atoms with Crippen LogP contribution in [0.1, 0.15) is 45.0 Å². The summed E-state index contributed by atoms with van der Waals surface area (Å²) < 4.78 is 35.2. The summed E-state index contributed by atoms with van der Waals surface area (Å²) in [5, 5.41) is 15.3. The highest BCUT2D eigenvalue weighted by atomic mass is 32.2. The number of amides is 1. The van der Waals surface area contributed by atoms with Crippen LogP contribution < -0.4 is 5.32 Å². The lowest BCUT2D eigenvalue weighted by Crippen LogP contribution is -2.27. The summed E-state index contributed by atoms with van der Waals surface area (Å²) in [5.41, 5.74) is 1.78. The summed E-state index contributed by atoms with van der Waals surface area (Å²) in [6, 6.07) is 4.99. The molecule has 0 atom stereocenters. The molecule has 0 radical (unpaired) electrons. The van der Waals surface area contributed by atoms with Gasteiger partial charge in [0.15, 0.2) is 0 Å². The van der Waals surface area contributed by atoms with Gasteiger partial charge in [-0.1, -0.05) is 20.8 Å². The molecular formula is C24H33N5O5S. The van der Waals surface area contributed by atoms with Gasteiger partial charge in [-0.3, -0.25) is 4.79 Å². The zero-order chi connectivity index (χ0) is 25.2. The Bertz CT molecular complexity index is 1300. The van der Waals surface area contributed by atoms with Gasteiger partial charge >= 0.3 is 0 Å². The average Bonchev–Trinajstić information content (AvgIpc) is 3.43. The van der Waals surface area contributed by atoms with Gasteiger partial charge in [0.25, 0.3) is 10.0 Å². The Balaban J connectivity index is 1.64. The van der Waals surface area contributed by atoms with Crippen molar-refractivity contribution in [2.45, 2.75) is 56.9 Å². The van der Waals surface area contributed by atoms with Crippen LogP contribution in [0.15, 0.2) is 35.5 Å². The highest BCUT2D eigenvalue weighted by Crippen LogP contribution is 2.30. The van der Waals surface area contributed by atoms with Gasteiger partial charge in [-0.05, 0) is 37.0 Å². The van der Waals surface area contributed by atoms with Crippen LogP contribution >= 0.6 is 0 Å². The molecule has 0 bridgehead atoms. The fraction of sp³-hybridized carbons (Fsp3) is 0.542. The van der Waals surface area contributed by atoms with Gasteiger partial charge in [-0.15, -0.1) is 0 Å². The second-order valence-electron chi connectivity index (χ2n) is 9.98. The number of rotatable bonds is 8. The maximum Gasteiger partial charge on any atom is 0.283 e. The Labute approximate surface area is 205 Å². The van der Waals surface area contributed by atoms with Crippen molar-refractivity contribution in [2.24, 2.45) is 5.92 Å². The maximum absolute atomic E-state index is 13.3. The highest BCUT2D eigenvalue weighted by molar-refractivity contribution is 7.89. The van der Waals surface area contributed by atoms with E-state index in [2.05, 4.69) is 35.8 Å². The Morgan fingerprint density at radius 3 is 2.69 bits per heavy atom. The number of carbonyl (C=O) groups excluding carboxylic acids is 1. The number of nitrogens with one attached hydrogen (secondary N) is 1. The molecule has 3 heterocycles. The molecule has 2 N–H and O–H groups in total. The Kier molecular flexibility index (Phi) is 7.30. The molecule has 190 valence electrons. The number of nitrogens with zero attached hydrogens (tertiary/aromatic N) is 4. The van der Waals surface area contributed by atoms with E-state index in [4.69, 9.17) is 14.8 Å². The van der Waals surface area contributed by atoms with Crippen LogP contribution in [0.2, 0.25) is 0 Å². The number of imidazole rings is 1. The summed E-state index contributed by atoms with van der Waals surface area (Å²) >= 11 is 0. The number of hydrogen-bond acceptors (Lipinski definition) is 7. The van der Waals surface area contributed by atoms with E-state index in [1.807, 2.05) is 6.07 Å². The van der Waals surface area contributed by atoms with Gasteiger partial charge in [0, 0.05) is 43.5 Å². The van der Waals surface area contributed by atoms with E-state index < -0.39 is 10.0 Å². The van der Waals surface area contributed by atoms with E-state index in [-0.39, 0.29) is 35.8 Å². The van der Waals surface area contributed by atoms with Crippen molar-refractivity contribution >= 4 is 27.0 Å². The number of aliphatic hydroxyl groups excluding tert-OH is 1. The molecule has 0 saturated carbocycles. The number of hydrogen-bond donors (Lipinski definition) is 2. The maximum atomic E-state index is 13.3. The number of ether oxygens (including phenoxy) is 1. The first-order chi connectivity index (χ1) is 16.6. The number of aromatic nitrogens is 4. The zero-order valence-electron chi connectivity index (χ0n) is 20.4. The number of benzene rings is 1. The third kappa shape index (κ3) is 5.57. The highest BCUT2D eigenvalue weighted by Gasteiger charge is 2.27. The molecular weight excluding hydrogens is 470 g/mol. The van der Waals surface area contributed by atoms with Crippen LogP contribution in [0.25, 0.3) is 11.0 Å². The van der Waals surface area contributed by atoms with Crippen molar-refractivity contribution in [1.29, 1.82) is 0 Å². The van der Waals surface area contributed by atoms with Gasteiger partial charge in [0.1, 0.15) is 5.82 Å². The third-order valence-electron chi connectivity index (χ3n) is 6.13. The summed E-state index contributed by atoms with van der Waals surface area (Å²) in [7, 11) is -3.96. The minimum atomic E-state index is -3.96. The monoisotopic (exact) mass is 503 g/mol. The molecule has 1 saturated heterocycles. The van der Waals surface area contributed by atoms with Crippen LogP contribution in [0.5, 0.6) is 0 Å². The summed E-state index contributed by atoms with van der Waals surface area (Å²) in [5.74, 6) is 1.09. The molecule has 10 nitrogen and oxygen atoms in total. The van der Waals surface area contributed by atoms with Gasteiger partial charge in [-0.25, -0.2) is 4.98 Å². The SMILES string of the molecule is CC(C)(C)c1nc2cc(S(=O)(=O)n3cc(CC(=O)NCCO)cn3)ccc2n1CC1CCOCC1. The molecule has 1 aliphatic rings. The molecule has 1 amide bonds. The van der Waals surface area contributed by atoms with Crippen LogP contribution in [-0.4, -0.2) is 64.5 Å². The molecule has 0 unspecified atom stereocenters. The number of aliphatic hydroxyl groups is 1. The minimum absolute atomic E-state index is 0.0277. The third-order valence-corrected chi connectivity index (χ3v) is 7.67. The molecule has 2 aromatic heterocycles. The smallest absolute Gasteiger partial charge is 0.283 e. The zero-order valence-corrected chi connectivity index (χ0v) is 21.2. The Hall–Kier alpha value is -2.76. The van der Waals surface area contributed by atoms with Gasteiger partial charge in [-0.2, -0.15) is 17.6 Å². The summed E-state index contributed by atoms with van der Waals surface area (Å²) in [4.78, 5) is 16.8. The largest absolute Gasteiger partial charge is 0.395 e. The topological polar surface area (TPSA) is 128 Å². The second-order valence-corrected chi connectivity index (χ2v) is 11.8. The number of carbonyl (C=O) groups is 1. The molecule has 1 aliphatic heterocycles. The lowest BCUT2D eigenvalue weighted by Gasteiger charge is -2.26. The first-order valence-corrected chi connectivity index (χ1v) is 13.3. The van der Waals surface area contributed by atoms with Gasteiger partial charge < -0.3 is 19.7 Å². The van der Waals surface area contributed by atoms with Crippen LogP contribution in [0, 0.1) is 5.92 Å². The standard InChI is InChI=1S/C24H33N5O5S/c1-24(2,3)23-27-20-13-19(4-5-21(20)28(23)15-17-6-10-34-11-7-17)35(32,33)29-16-18(14-26-29)12-22(31)25-8-9-30/h4-5,13-14,16-17,30H,6-12,15H2,1-3H3,(H,25,31). The molecule has 1 aromatic carbocycles. The van der Waals surface area contributed by atoms with E-state index in [0.717, 1.165) is 48.0 Å². The fourth-order valence-electron chi connectivity index (χ4n) is 4.33. The quantitative estimate of drug-likeness (QED) is 0.480. The lowest BCUT2D eigenvalue weighted by molar-refractivity contribution is -0.120. The molecule has 0 aliphatic carbocycles. The minimum Gasteiger partial charge on any atom is -0.395 e. The van der Waals surface area contributed by atoms with E-state index in [0.29, 0.717) is 17.0 Å². The van der Waals surface area contributed by atoms with Gasteiger partial charge in [0.05, 0.1) is 35.2 Å². The second kappa shape index (κ2) is 10.1. The van der Waals surface area contributed by atoms with E-state index in [9.17, 15) is 13.2 Å².